The number of halogens is 2. The molecule has 0 saturated heterocycles. The van der Waals surface area contributed by atoms with Crippen LogP contribution in [0.1, 0.15) is 15.9 Å². The van der Waals surface area contributed by atoms with Gasteiger partial charge in [-0.15, -0.1) is 0 Å². The number of ether oxygens (including phenoxy) is 1. The minimum absolute atomic E-state index is 0.338. The third-order valence-electron chi connectivity index (χ3n) is 4.08. The van der Waals surface area contributed by atoms with E-state index in [0.717, 1.165) is 17.7 Å². The number of hydrogen-bond acceptors (Lipinski definition) is 4. The van der Waals surface area contributed by atoms with Crippen molar-refractivity contribution in [3.63, 3.8) is 0 Å². The van der Waals surface area contributed by atoms with Crippen LogP contribution in [0.2, 0.25) is 0 Å². The van der Waals surface area contributed by atoms with Crippen molar-refractivity contribution in [2.45, 2.75) is 6.92 Å². The number of carbonyl (C=O) groups is 1. The van der Waals surface area contributed by atoms with Gasteiger partial charge in [0.2, 0.25) is 0 Å². The molecule has 0 unspecified atom stereocenters. The van der Waals surface area contributed by atoms with Crippen LogP contribution in [-0.2, 0) is 0 Å². The van der Waals surface area contributed by atoms with Gasteiger partial charge in [0.15, 0.2) is 5.65 Å². The van der Waals surface area contributed by atoms with Gasteiger partial charge in [-0.2, -0.15) is 5.10 Å². The Morgan fingerprint density at radius 3 is 2.64 bits per heavy atom. The monoisotopic (exact) mass is 380 g/mol. The molecule has 8 heteroatoms. The van der Waals surface area contributed by atoms with Crippen LogP contribution in [0.3, 0.4) is 0 Å². The molecule has 0 aliphatic rings. The van der Waals surface area contributed by atoms with Crippen molar-refractivity contribution >= 4 is 17.2 Å². The number of pyridine rings is 1. The Morgan fingerprint density at radius 1 is 1.11 bits per heavy atom. The third kappa shape index (κ3) is 3.39. The van der Waals surface area contributed by atoms with Gasteiger partial charge in [-0.05, 0) is 42.8 Å². The minimum atomic E-state index is -0.929. The van der Waals surface area contributed by atoms with Crippen LogP contribution < -0.4 is 10.1 Å². The number of rotatable bonds is 4. The Balaban J connectivity index is 1.57. The van der Waals surface area contributed by atoms with Gasteiger partial charge in [0.1, 0.15) is 35.0 Å². The summed E-state index contributed by atoms with van der Waals surface area (Å²) in [6, 6.07) is 11.6. The fourth-order valence-corrected chi connectivity index (χ4v) is 2.72. The Morgan fingerprint density at radius 2 is 1.86 bits per heavy atom. The summed E-state index contributed by atoms with van der Waals surface area (Å²) in [6.45, 7) is 1.87. The molecule has 0 spiro atoms. The first-order valence-corrected chi connectivity index (χ1v) is 8.34. The summed E-state index contributed by atoms with van der Waals surface area (Å²) >= 11 is 0. The van der Waals surface area contributed by atoms with E-state index in [4.69, 9.17) is 4.74 Å². The lowest BCUT2D eigenvalue weighted by molar-refractivity contribution is 0.101. The van der Waals surface area contributed by atoms with E-state index in [0.29, 0.717) is 22.8 Å². The van der Waals surface area contributed by atoms with Crippen LogP contribution in [0.25, 0.3) is 5.65 Å². The number of nitrogens with one attached hydrogen (secondary N) is 1. The van der Waals surface area contributed by atoms with Crippen molar-refractivity contribution < 1.29 is 18.3 Å². The summed E-state index contributed by atoms with van der Waals surface area (Å²) in [5.41, 5.74) is 1.24. The normalized spacial score (nSPS) is 10.8. The second kappa shape index (κ2) is 7.07. The molecule has 4 rings (SSSR count). The SMILES string of the molecule is Cc1cc2ncnn2cc1Oc1cccc(NC(=O)c2c(F)cccc2F)c1. The Hall–Kier alpha value is -3.81. The molecule has 0 bridgehead atoms. The van der Waals surface area contributed by atoms with Crippen LogP contribution in [0.15, 0.2) is 61.1 Å². The maximum atomic E-state index is 13.8. The molecule has 2 aromatic carbocycles. The number of amides is 1. The highest BCUT2D eigenvalue weighted by Gasteiger charge is 2.17. The van der Waals surface area contributed by atoms with Gasteiger partial charge in [-0.1, -0.05) is 12.1 Å². The lowest BCUT2D eigenvalue weighted by atomic mass is 10.1. The van der Waals surface area contributed by atoms with Gasteiger partial charge in [0, 0.05) is 11.8 Å². The summed E-state index contributed by atoms with van der Waals surface area (Å²) in [7, 11) is 0. The van der Waals surface area contributed by atoms with E-state index in [1.807, 2.05) is 13.0 Å². The van der Waals surface area contributed by atoms with Crippen molar-refractivity contribution in [1.29, 1.82) is 0 Å². The zero-order chi connectivity index (χ0) is 19.7. The standard InChI is InChI=1S/C20H14F2N4O2/c1-12-8-18-23-11-24-26(18)10-17(12)28-14-5-2-4-13(9-14)25-20(27)19-15(21)6-3-7-16(19)22/h2-11H,1H3,(H,25,27). The average Bonchev–Trinajstić information content (AvgIpc) is 3.09. The van der Waals surface area contributed by atoms with Gasteiger partial charge in [-0.25, -0.2) is 18.3 Å². The minimum Gasteiger partial charge on any atom is -0.455 e. The Labute approximate surface area is 158 Å². The molecule has 28 heavy (non-hydrogen) atoms. The topological polar surface area (TPSA) is 68.5 Å². The zero-order valence-corrected chi connectivity index (χ0v) is 14.7. The van der Waals surface area contributed by atoms with Gasteiger partial charge in [0.25, 0.3) is 5.91 Å². The highest BCUT2D eigenvalue weighted by Crippen LogP contribution is 2.27. The number of benzene rings is 2. The molecular weight excluding hydrogens is 366 g/mol. The van der Waals surface area contributed by atoms with Crippen LogP contribution in [-0.4, -0.2) is 20.5 Å². The molecule has 2 heterocycles. The van der Waals surface area contributed by atoms with E-state index in [2.05, 4.69) is 15.4 Å². The summed E-state index contributed by atoms with van der Waals surface area (Å²) in [5, 5.41) is 6.55. The molecule has 140 valence electrons. The summed E-state index contributed by atoms with van der Waals surface area (Å²) in [5.74, 6) is -1.74. The number of hydrogen-bond donors (Lipinski definition) is 1. The fourth-order valence-electron chi connectivity index (χ4n) is 2.72. The molecule has 1 N–H and O–H groups in total. The number of aromatic nitrogens is 3. The van der Waals surface area contributed by atoms with E-state index in [1.54, 1.807) is 35.0 Å². The predicted molar refractivity (Wildman–Crippen MR) is 98.6 cm³/mol. The molecule has 6 nitrogen and oxygen atoms in total. The Kier molecular flexibility index (Phi) is 4.44. The van der Waals surface area contributed by atoms with Crippen LogP contribution in [0, 0.1) is 18.6 Å². The van der Waals surface area contributed by atoms with E-state index in [1.165, 1.54) is 12.4 Å². The zero-order valence-electron chi connectivity index (χ0n) is 14.7. The molecule has 0 saturated carbocycles. The van der Waals surface area contributed by atoms with Crippen molar-refractivity contribution in [3.8, 4) is 11.5 Å². The fraction of sp³-hybridized carbons (Fsp3) is 0.0500. The van der Waals surface area contributed by atoms with Gasteiger partial charge in [-0.3, -0.25) is 4.79 Å². The quantitative estimate of drug-likeness (QED) is 0.571. The maximum absolute atomic E-state index is 13.8. The predicted octanol–water partition coefficient (Wildman–Crippen LogP) is 4.36. The van der Waals surface area contributed by atoms with E-state index >= 15 is 0 Å². The largest absolute Gasteiger partial charge is 0.455 e. The van der Waals surface area contributed by atoms with E-state index < -0.39 is 23.1 Å². The average molecular weight is 380 g/mol. The smallest absolute Gasteiger partial charge is 0.261 e. The molecular formula is C20H14F2N4O2. The number of aryl methyl sites for hydroxylation is 1. The van der Waals surface area contributed by atoms with Crippen molar-refractivity contribution in [2.24, 2.45) is 0 Å². The molecule has 0 aliphatic carbocycles. The maximum Gasteiger partial charge on any atom is 0.261 e. The summed E-state index contributed by atoms with van der Waals surface area (Å²) < 4.78 is 35.0. The number of anilines is 1. The first-order valence-electron chi connectivity index (χ1n) is 8.34. The molecule has 4 aromatic rings. The first kappa shape index (κ1) is 17.6. The highest BCUT2D eigenvalue weighted by atomic mass is 19.1. The van der Waals surface area contributed by atoms with E-state index in [9.17, 15) is 13.6 Å². The summed E-state index contributed by atoms with van der Waals surface area (Å²) in [6.07, 6.45) is 3.13. The summed E-state index contributed by atoms with van der Waals surface area (Å²) in [4.78, 5) is 16.4. The van der Waals surface area contributed by atoms with Crippen LogP contribution >= 0.6 is 0 Å². The number of nitrogens with zero attached hydrogens (tertiary/aromatic N) is 3. The lowest BCUT2D eigenvalue weighted by Crippen LogP contribution is -2.15. The molecule has 0 atom stereocenters. The first-order chi connectivity index (χ1) is 13.5. The third-order valence-corrected chi connectivity index (χ3v) is 4.08. The van der Waals surface area contributed by atoms with E-state index in [-0.39, 0.29) is 0 Å². The van der Waals surface area contributed by atoms with Gasteiger partial charge in [0.05, 0.1) is 6.20 Å². The van der Waals surface area contributed by atoms with Crippen LogP contribution in [0.4, 0.5) is 14.5 Å². The highest BCUT2D eigenvalue weighted by molar-refractivity contribution is 6.04. The van der Waals surface area contributed by atoms with Gasteiger partial charge >= 0.3 is 0 Å². The second-order valence-electron chi connectivity index (χ2n) is 6.06. The number of fused-ring (bicyclic) bond motifs is 1. The molecule has 0 aliphatic heterocycles. The molecule has 0 radical (unpaired) electrons. The lowest BCUT2D eigenvalue weighted by Gasteiger charge is -2.11. The van der Waals surface area contributed by atoms with Crippen molar-refractivity contribution in [2.75, 3.05) is 5.32 Å². The molecule has 1 amide bonds. The van der Waals surface area contributed by atoms with Crippen molar-refractivity contribution in [1.82, 2.24) is 14.6 Å². The van der Waals surface area contributed by atoms with Crippen LogP contribution in [0.5, 0.6) is 11.5 Å². The second-order valence-corrected chi connectivity index (χ2v) is 6.06. The van der Waals surface area contributed by atoms with Crippen molar-refractivity contribution in [3.05, 3.63) is 83.8 Å². The number of carbonyl (C=O) groups excluding carboxylic acids is 1. The van der Waals surface area contributed by atoms with Gasteiger partial charge < -0.3 is 10.1 Å². The Bertz CT molecular complexity index is 1170. The molecule has 2 aromatic heterocycles. The molecule has 0 fully saturated rings.